The van der Waals surface area contributed by atoms with Crippen LogP contribution >= 0.6 is 0 Å². The molecule has 0 spiro atoms. The molecule has 2 aromatic rings. The van der Waals surface area contributed by atoms with E-state index in [2.05, 4.69) is 18.1 Å². The second kappa shape index (κ2) is 5.66. The first-order valence-corrected chi connectivity index (χ1v) is 5.90. The molecule has 3 heteroatoms. The predicted octanol–water partition coefficient (Wildman–Crippen LogP) is 3.29. The molecule has 0 aliphatic heterocycles. The zero-order valence-electron chi connectivity index (χ0n) is 9.86. The first kappa shape index (κ1) is 11.9. The zero-order chi connectivity index (χ0) is 12.1. The van der Waals surface area contributed by atoms with Crippen LogP contribution in [0.3, 0.4) is 0 Å². The Morgan fingerprint density at radius 2 is 2.24 bits per heavy atom. The van der Waals surface area contributed by atoms with E-state index in [-0.39, 0.29) is 6.04 Å². The lowest BCUT2D eigenvalue weighted by molar-refractivity contribution is 0.494. The van der Waals surface area contributed by atoms with Gasteiger partial charge in [-0.05, 0) is 25.3 Å². The number of hydrogen-bond acceptors (Lipinski definition) is 3. The van der Waals surface area contributed by atoms with Gasteiger partial charge in [-0.25, -0.2) is 0 Å². The van der Waals surface area contributed by atoms with Gasteiger partial charge >= 0.3 is 0 Å². The van der Waals surface area contributed by atoms with E-state index in [9.17, 15) is 0 Å². The molecule has 90 valence electrons. The number of nitrogens with two attached hydrogens (primary N) is 1. The van der Waals surface area contributed by atoms with Gasteiger partial charge in [0.25, 0.3) is 0 Å². The molecule has 1 aromatic carbocycles. The Hall–Kier alpha value is -1.58. The van der Waals surface area contributed by atoms with E-state index in [4.69, 9.17) is 10.3 Å². The van der Waals surface area contributed by atoms with Crippen LogP contribution in [0.5, 0.6) is 0 Å². The summed E-state index contributed by atoms with van der Waals surface area (Å²) in [5.41, 5.74) is 4.90. The van der Waals surface area contributed by atoms with Crippen LogP contribution in [0.4, 0.5) is 0 Å². The number of benzene rings is 1. The number of hydrogen-bond donors (Lipinski definition) is 2. The fraction of sp³-hybridized carbons (Fsp3) is 0.286. The summed E-state index contributed by atoms with van der Waals surface area (Å²) in [6.07, 6.45) is 6.78. The molecule has 3 nitrogen and oxygen atoms in total. The van der Waals surface area contributed by atoms with Crippen molar-refractivity contribution in [1.29, 1.82) is 0 Å². The molecular weight excluding hydrogens is 212 g/mol. The van der Waals surface area contributed by atoms with Gasteiger partial charge in [0.2, 0.25) is 0 Å². The summed E-state index contributed by atoms with van der Waals surface area (Å²) >= 11 is 0. The molecule has 0 bridgehead atoms. The Balaban J connectivity index is 2.20. The van der Waals surface area contributed by atoms with Crippen LogP contribution in [-0.4, -0.2) is 0 Å². The Bertz CT molecular complexity index is 490. The molecule has 0 aliphatic rings. The number of allylic oxidation sites excluding steroid dienone is 1. The number of furan rings is 1. The molecule has 1 aromatic heterocycles. The Morgan fingerprint density at radius 1 is 1.41 bits per heavy atom. The Labute approximate surface area is 101 Å². The Kier molecular flexibility index (Phi) is 3.96. The van der Waals surface area contributed by atoms with Crippen LogP contribution in [0.15, 0.2) is 47.6 Å². The molecule has 0 radical (unpaired) electrons. The van der Waals surface area contributed by atoms with Crippen molar-refractivity contribution in [2.45, 2.75) is 25.3 Å². The molecule has 1 heterocycles. The van der Waals surface area contributed by atoms with Crippen LogP contribution in [-0.2, 0) is 0 Å². The molecule has 17 heavy (non-hydrogen) atoms. The average Bonchev–Trinajstić information content (AvgIpc) is 2.79. The van der Waals surface area contributed by atoms with Gasteiger partial charge in [-0.1, -0.05) is 24.3 Å². The molecule has 0 saturated heterocycles. The summed E-state index contributed by atoms with van der Waals surface area (Å²) in [5.74, 6) is 5.62. The summed E-state index contributed by atoms with van der Waals surface area (Å²) in [6.45, 7) is 3.73. The first-order valence-electron chi connectivity index (χ1n) is 5.90. The van der Waals surface area contributed by atoms with Gasteiger partial charge in [-0.15, -0.1) is 6.58 Å². The maximum atomic E-state index is 5.62. The maximum Gasteiger partial charge on any atom is 0.134 e. The van der Waals surface area contributed by atoms with Gasteiger partial charge in [0.05, 0.1) is 6.26 Å². The minimum Gasteiger partial charge on any atom is -0.464 e. The van der Waals surface area contributed by atoms with Crippen molar-refractivity contribution in [3.05, 3.63) is 48.7 Å². The fourth-order valence-electron chi connectivity index (χ4n) is 2.06. The maximum absolute atomic E-state index is 5.62. The van der Waals surface area contributed by atoms with Crippen LogP contribution in [0.1, 0.15) is 30.9 Å². The summed E-state index contributed by atoms with van der Waals surface area (Å²) in [4.78, 5) is 0. The number of rotatable bonds is 6. The number of fused-ring (bicyclic) bond motifs is 1. The van der Waals surface area contributed by atoms with Crippen molar-refractivity contribution >= 4 is 11.0 Å². The number of hydrazine groups is 1. The molecule has 3 N–H and O–H groups in total. The largest absolute Gasteiger partial charge is 0.464 e. The van der Waals surface area contributed by atoms with E-state index < -0.39 is 0 Å². The topological polar surface area (TPSA) is 51.2 Å². The van der Waals surface area contributed by atoms with E-state index in [1.807, 2.05) is 24.3 Å². The predicted molar refractivity (Wildman–Crippen MR) is 70.3 cm³/mol. The molecule has 1 atom stereocenters. The van der Waals surface area contributed by atoms with Gasteiger partial charge in [-0.2, -0.15) is 0 Å². The van der Waals surface area contributed by atoms with Crippen molar-refractivity contribution in [3.63, 3.8) is 0 Å². The van der Waals surface area contributed by atoms with Gasteiger partial charge in [-0.3, -0.25) is 11.3 Å². The third-order valence-corrected chi connectivity index (χ3v) is 2.99. The highest BCUT2D eigenvalue weighted by atomic mass is 16.3. The van der Waals surface area contributed by atoms with E-state index in [0.29, 0.717) is 0 Å². The molecule has 1 unspecified atom stereocenters. The van der Waals surface area contributed by atoms with Gasteiger partial charge in [0, 0.05) is 17.0 Å². The molecule has 0 amide bonds. The lowest BCUT2D eigenvalue weighted by Gasteiger charge is -2.13. The Morgan fingerprint density at radius 3 is 3.00 bits per heavy atom. The average molecular weight is 230 g/mol. The van der Waals surface area contributed by atoms with E-state index >= 15 is 0 Å². The van der Waals surface area contributed by atoms with Crippen molar-refractivity contribution in [2.75, 3.05) is 0 Å². The lowest BCUT2D eigenvalue weighted by Crippen LogP contribution is -2.27. The van der Waals surface area contributed by atoms with Crippen molar-refractivity contribution in [1.82, 2.24) is 5.43 Å². The SMILES string of the molecule is C=CCCCC(NN)c1coc2ccccc12. The quantitative estimate of drug-likeness (QED) is 0.346. The lowest BCUT2D eigenvalue weighted by atomic mass is 10.0. The molecule has 0 fully saturated rings. The zero-order valence-corrected chi connectivity index (χ0v) is 9.86. The van der Waals surface area contributed by atoms with Crippen molar-refractivity contribution in [3.8, 4) is 0 Å². The number of para-hydroxylation sites is 1. The van der Waals surface area contributed by atoms with Crippen LogP contribution in [0, 0.1) is 0 Å². The molecular formula is C14H18N2O. The van der Waals surface area contributed by atoms with E-state index in [1.165, 1.54) is 0 Å². The first-order chi connectivity index (χ1) is 8.36. The normalized spacial score (nSPS) is 12.8. The van der Waals surface area contributed by atoms with Crippen LogP contribution in [0.25, 0.3) is 11.0 Å². The van der Waals surface area contributed by atoms with E-state index in [1.54, 1.807) is 6.26 Å². The monoisotopic (exact) mass is 230 g/mol. The van der Waals surface area contributed by atoms with Gasteiger partial charge in [0.15, 0.2) is 0 Å². The van der Waals surface area contributed by atoms with Gasteiger partial charge < -0.3 is 4.42 Å². The highest BCUT2D eigenvalue weighted by molar-refractivity contribution is 5.81. The highest BCUT2D eigenvalue weighted by Crippen LogP contribution is 2.28. The summed E-state index contributed by atoms with van der Waals surface area (Å²) in [7, 11) is 0. The van der Waals surface area contributed by atoms with Crippen LogP contribution < -0.4 is 11.3 Å². The summed E-state index contributed by atoms with van der Waals surface area (Å²) in [5, 5.41) is 1.13. The number of unbranched alkanes of at least 4 members (excludes halogenated alkanes) is 1. The van der Waals surface area contributed by atoms with Crippen molar-refractivity contribution < 1.29 is 4.42 Å². The second-order valence-corrected chi connectivity index (χ2v) is 4.13. The third-order valence-electron chi connectivity index (χ3n) is 2.99. The fourth-order valence-corrected chi connectivity index (χ4v) is 2.06. The highest BCUT2D eigenvalue weighted by Gasteiger charge is 2.14. The minimum absolute atomic E-state index is 0.138. The molecule has 2 rings (SSSR count). The third kappa shape index (κ3) is 2.57. The second-order valence-electron chi connectivity index (χ2n) is 4.13. The number of nitrogens with one attached hydrogen (secondary N) is 1. The van der Waals surface area contributed by atoms with Crippen LogP contribution in [0.2, 0.25) is 0 Å². The van der Waals surface area contributed by atoms with E-state index in [0.717, 1.165) is 35.8 Å². The van der Waals surface area contributed by atoms with Crippen molar-refractivity contribution in [2.24, 2.45) is 5.84 Å². The smallest absolute Gasteiger partial charge is 0.134 e. The standard InChI is InChI=1S/C14H18N2O/c1-2-3-4-8-13(16-15)12-10-17-14-9-6-5-7-11(12)14/h2,5-7,9-10,13,16H,1,3-4,8,15H2. The molecule has 0 aliphatic carbocycles. The van der Waals surface area contributed by atoms with Gasteiger partial charge in [0.1, 0.15) is 5.58 Å². The minimum atomic E-state index is 0.138. The molecule has 0 saturated carbocycles. The summed E-state index contributed by atoms with van der Waals surface area (Å²) < 4.78 is 5.52. The summed E-state index contributed by atoms with van der Waals surface area (Å²) in [6, 6.07) is 8.15.